The molecule has 0 radical (unpaired) electrons. The van der Waals surface area contributed by atoms with Crippen molar-refractivity contribution in [1.29, 1.82) is 0 Å². The summed E-state index contributed by atoms with van der Waals surface area (Å²) in [4.78, 5) is 26.7. The molecule has 0 aliphatic heterocycles. The van der Waals surface area contributed by atoms with Crippen LogP contribution in [-0.4, -0.2) is 48.4 Å². The van der Waals surface area contributed by atoms with Gasteiger partial charge in [0.25, 0.3) is 0 Å². The molecule has 1 aromatic carbocycles. The van der Waals surface area contributed by atoms with E-state index in [0.29, 0.717) is 25.3 Å². The first-order valence-corrected chi connectivity index (χ1v) is 9.03. The van der Waals surface area contributed by atoms with Crippen LogP contribution in [0, 0.1) is 13.8 Å². The van der Waals surface area contributed by atoms with Crippen molar-refractivity contribution in [3.63, 3.8) is 0 Å². The Bertz CT molecular complexity index is 995. The van der Waals surface area contributed by atoms with Crippen molar-refractivity contribution in [2.75, 3.05) is 13.1 Å². The Morgan fingerprint density at radius 3 is 2.37 bits per heavy atom. The Morgan fingerprint density at radius 2 is 1.74 bits per heavy atom. The minimum absolute atomic E-state index is 0.464. The number of aryl methyl sites for hydroxylation is 1. The molecule has 0 saturated carbocycles. The Hall–Kier alpha value is -3.16. The highest BCUT2D eigenvalue weighted by Crippen LogP contribution is 2.19. The summed E-state index contributed by atoms with van der Waals surface area (Å²) in [5.74, 6) is 0. The third-order valence-corrected chi connectivity index (χ3v) is 4.76. The van der Waals surface area contributed by atoms with Crippen molar-refractivity contribution in [3.05, 3.63) is 63.8 Å². The van der Waals surface area contributed by atoms with Crippen LogP contribution < -0.4 is 5.69 Å². The SMILES string of the molecule is CCN(CC)C(=O)n1nnn(-c2cc(C)n(Cc3ccccc3)c2C)c1=O. The molecule has 0 N–H and O–H groups in total. The van der Waals surface area contributed by atoms with Gasteiger partial charge >= 0.3 is 11.7 Å². The van der Waals surface area contributed by atoms with Gasteiger partial charge in [-0.3, -0.25) is 0 Å². The van der Waals surface area contributed by atoms with Crippen molar-refractivity contribution in [3.8, 4) is 5.69 Å². The number of aromatic nitrogens is 5. The Labute approximate surface area is 157 Å². The van der Waals surface area contributed by atoms with E-state index in [2.05, 4.69) is 27.1 Å². The molecule has 27 heavy (non-hydrogen) atoms. The summed E-state index contributed by atoms with van der Waals surface area (Å²) in [7, 11) is 0. The van der Waals surface area contributed by atoms with Gasteiger partial charge in [-0.2, -0.15) is 4.68 Å². The number of tetrazole rings is 1. The Balaban J connectivity index is 1.98. The zero-order valence-corrected chi connectivity index (χ0v) is 16.1. The first kappa shape index (κ1) is 18.6. The number of amides is 1. The summed E-state index contributed by atoms with van der Waals surface area (Å²) in [5.41, 5.74) is 3.13. The van der Waals surface area contributed by atoms with Gasteiger partial charge in [-0.25, -0.2) is 9.59 Å². The summed E-state index contributed by atoms with van der Waals surface area (Å²) in [6.45, 7) is 9.32. The standard InChI is InChI=1S/C19H24N6O2/c1-5-22(6-2)18(26)25-19(27)24(20-21-25)17-12-14(3)23(15(17)4)13-16-10-8-7-9-11-16/h7-12H,5-6,13H2,1-4H3. The molecule has 0 aliphatic rings. The van der Waals surface area contributed by atoms with Crippen LogP contribution in [0.15, 0.2) is 41.2 Å². The number of hydrogen-bond donors (Lipinski definition) is 0. The van der Waals surface area contributed by atoms with E-state index in [1.807, 2.05) is 52.0 Å². The van der Waals surface area contributed by atoms with Crippen molar-refractivity contribution in [2.24, 2.45) is 0 Å². The minimum atomic E-state index is -0.563. The molecule has 0 fully saturated rings. The van der Waals surface area contributed by atoms with Gasteiger partial charge < -0.3 is 9.47 Å². The maximum absolute atomic E-state index is 12.7. The van der Waals surface area contributed by atoms with Crippen molar-refractivity contribution in [2.45, 2.75) is 34.2 Å². The predicted molar refractivity (Wildman–Crippen MR) is 102 cm³/mol. The molecule has 142 valence electrons. The van der Waals surface area contributed by atoms with Crippen molar-refractivity contribution in [1.82, 2.24) is 29.3 Å². The van der Waals surface area contributed by atoms with Gasteiger partial charge in [-0.15, -0.1) is 4.68 Å². The number of nitrogens with zero attached hydrogens (tertiary/aromatic N) is 6. The molecule has 0 unspecified atom stereocenters. The second kappa shape index (κ2) is 7.61. The summed E-state index contributed by atoms with van der Waals surface area (Å²) in [6.07, 6.45) is 0. The fourth-order valence-electron chi connectivity index (χ4n) is 3.15. The second-order valence-electron chi connectivity index (χ2n) is 6.37. The van der Waals surface area contributed by atoms with Gasteiger partial charge in [0.15, 0.2) is 0 Å². The van der Waals surface area contributed by atoms with E-state index in [9.17, 15) is 9.59 Å². The maximum Gasteiger partial charge on any atom is 0.377 e. The molecule has 2 heterocycles. The number of carbonyl (C=O) groups is 1. The quantitative estimate of drug-likeness (QED) is 0.647. The lowest BCUT2D eigenvalue weighted by molar-refractivity contribution is 0.200. The third-order valence-electron chi connectivity index (χ3n) is 4.76. The van der Waals surface area contributed by atoms with Gasteiger partial charge in [0.2, 0.25) is 0 Å². The van der Waals surface area contributed by atoms with Crippen LogP contribution >= 0.6 is 0 Å². The van der Waals surface area contributed by atoms with Crippen LogP contribution in [0.4, 0.5) is 4.79 Å². The van der Waals surface area contributed by atoms with Gasteiger partial charge in [-0.05, 0) is 49.8 Å². The molecule has 0 spiro atoms. The summed E-state index contributed by atoms with van der Waals surface area (Å²) in [5, 5.41) is 7.73. The molecule has 8 nitrogen and oxygen atoms in total. The first-order chi connectivity index (χ1) is 13.0. The zero-order chi connectivity index (χ0) is 19.6. The van der Waals surface area contributed by atoms with Crippen LogP contribution in [0.25, 0.3) is 5.69 Å². The average molecular weight is 368 g/mol. The second-order valence-corrected chi connectivity index (χ2v) is 6.37. The van der Waals surface area contributed by atoms with Gasteiger partial charge in [-0.1, -0.05) is 30.3 Å². The van der Waals surface area contributed by atoms with E-state index in [1.165, 1.54) is 15.1 Å². The van der Waals surface area contributed by atoms with E-state index in [4.69, 9.17) is 0 Å². The minimum Gasteiger partial charge on any atom is -0.343 e. The summed E-state index contributed by atoms with van der Waals surface area (Å²) >= 11 is 0. The zero-order valence-electron chi connectivity index (χ0n) is 16.1. The van der Waals surface area contributed by atoms with Crippen LogP contribution in [0.2, 0.25) is 0 Å². The summed E-state index contributed by atoms with van der Waals surface area (Å²) < 4.78 is 4.11. The molecule has 0 saturated heterocycles. The number of hydrogen-bond acceptors (Lipinski definition) is 4. The predicted octanol–water partition coefficient (Wildman–Crippen LogP) is 2.21. The number of rotatable bonds is 5. The molecule has 0 aliphatic carbocycles. The summed E-state index contributed by atoms with van der Waals surface area (Å²) in [6, 6.07) is 11.5. The Morgan fingerprint density at radius 1 is 1.07 bits per heavy atom. The molecule has 0 atom stereocenters. The van der Waals surface area contributed by atoms with E-state index in [0.717, 1.165) is 16.1 Å². The molecular formula is C19H24N6O2. The van der Waals surface area contributed by atoms with Gasteiger partial charge in [0.1, 0.15) is 0 Å². The van der Waals surface area contributed by atoms with Crippen molar-refractivity contribution < 1.29 is 4.79 Å². The number of carbonyl (C=O) groups excluding carboxylic acids is 1. The lowest BCUT2D eigenvalue weighted by Crippen LogP contribution is -2.40. The molecule has 0 bridgehead atoms. The molecular weight excluding hydrogens is 344 g/mol. The van der Waals surface area contributed by atoms with E-state index < -0.39 is 11.7 Å². The first-order valence-electron chi connectivity index (χ1n) is 9.03. The van der Waals surface area contributed by atoms with E-state index >= 15 is 0 Å². The molecule has 1 amide bonds. The van der Waals surface area contributed by atoms with Crippen LogP contribution in [0.1, 0.15) is 30.8 Å². The fraction of sp³-hybridized carbons (Fsp3) is 0.368. The Kier molecular flexibility index (Phi) is 5.25. The van der Waals surface area contributed by atoms with E-state index in [1.54, 1.807) is 0 Å². The van der Waals surface area contributed by atoms with Gasteiger partial charge in [0, 0.05) is 31.0 Å². The lowest BCUT2D eigenvalue weighted by atomic mass is 10.2. The molecule has 3 rings (SSSR count). The smallest absolute Gasteiger partial charge is 0.343 e. The van der Waals surface area contributed by atoms with Gasteiger partial charge in [0.05, 0.1) is 5.69 Å². The maximum atomic E-state index is 12.7. The van der Waals surface area contributed by atoms with Crippen LogP contribution in [-0.2, 0) is 6.54 Å². The van der Waals surface area contributed by atoms with Crippen LogP contribution in [0.3, 0.4) is 0 Å². The van der Waals surface area contributed by atoms with Crippen LogP contribution in [0.5, 0.6) is 0 Å². The monoisotopic (exact) mass is 368 g/mol. The largest absolute Gasteiger partial charge is 0.377 e. The normalized spacial score (nSPS) is 11.0. The topological polar surface area (TPSA) is 78.0 Å². The average Bonchev–Trinajstić information content (AvgIpc) is 3.18. The van der Waals surface area contributed by atoms with Crippen molar-refractivity contribution >= 4 is 6.03 Å². The highest BCUT2D eigenvalue weighted by molar-refractivity contribution is 5.75. The lowest BCUT2D eigenvalue weighted by Gasteiger charge is -2.16. The highest BCUT2D eigenvalue weighted by Gasteiger charge is 2.21. The third kappa shape index (κ3) is 3.42. The molecule has 8 heteroatoms. The number of benzene rings is 1. The molecule has 2 aromatic heterocycles. The molecule has 3 aromatic rings. The highest BCUT2D eigenvalue weighted by atomic mass is 16.2. The fourth-order valence-corrected chi connectivity index (χ4v) is 3.15. The van der Waals surface area contributed by atoms with E-state index in [-0.39, 0.29) is 0 Å².